The van der Waals surface area contributed by atoms with Gasteiger partial charge in [0.2, 0.25) is 0 Å². The zero-order chi connectivity index (χ0) is 12.3. The number of thioether (sulfide) groups is 1. The minimum atomic E-state index is -5.07. The minimum Gasteiger partial charge on any atom is -0.479 e. The number of halogens is 3. The van der Waals surface area contributed by atoms with E-state index in [9.17, 15) is 22.8 Å². The molecule has 0 spiro atoms. The van der Waals surface area contributed by atoms with Crippen LogP contribution in [0.15, 0.2) is 0 Å². The van der Waals surface area contributed by atoms with Crippen LogP contribution in [-0.2, 0) is 9.59 Å². The van der Waals surface area contributed by atoms with E-state index in [1.165, 1.54) is 11.6 Å². The summed E-state index contributed by atoms with van der Waals surface area (Å²) in [5.41, 5.74) is -1.91. The molecule has 1 unspecified atom stereocenters. The first kappa shape index (κ1) is 14.1. The van der Waals surface area contributed by atoms with E-state index in [-0.39, 0.29) is 5.75 Å². The van der Waals surface area contributed by atoms with Gasteiger partial charge in [-0.2, -0.15) is 24.9 Å². The summed E-state index contributed by atoms with van der Waals surface area (Å²) in [5.74, 6) is -3.90. The molecule has 0 saturated heterocycles. The molecule has 15 heavy (non-hydrogen) atoms. The molecule has 0 aliphatic heterocycles. The van der Waals surface area contributed by atoms with Crippen molar-refractivity contribution in [3.05, 3.63) is 0 Å². The molecule has 8 heteroatoms. The number of alkyl halides is 3. The average Bonchev–Trinajstić information content (AvgIpc) is 2.02. The Morgan fingerprint density at radius 1 is 1.40 bits per heavy atom. The lowest BCUT2D eigenvalue weighted by molar-refractivity contribution is -0.177. The molecule has 0 heterocycles. The number of carbonyl (C=O) groups excluding carboxylic acids is 1. The summed E-state index contributed by atoms with van der Waals surface area (Å²) < 4.78 is 35.6. The lowest BCUT2D eigenvalue weighted by Crippen LogP contribution is -2.57. The molecule has 4 nitrogen and oxygen atoms in total. The van der Waals surface area contributed by atoms with Crippen molar-refractivity contribution < 1.29 is 27.9 Å². The predicted molar refractivity (Wildman–Crippen MR) is 48.6 cm³/mol. The summed E-state index contributed by atoms with van der Waals surface area (Å²) in [6, 6.07) is 0. The highest BCUT2D eigenvalue weighted by molar-refractivity contribution is 7.98. The number of hydrogen-bond donors (Lipinski definition) is 2. The zero-order valence-electron chi connectivity index (χ0n) is 8.01. The fraction of sp³-hybridized carbons (Fsp3) is 0.714. The third-order valence-electron chi connectivity index (χ3n) is 1.55. The van der Waals surface area contributed by atoms with Crippen LogP contribution in [0.3, 0.4) is 0 Å². The zero-order valence-corrected chi connectivity index (χ0v) is 8.83. The van der Waals surface area contributed by atoms with Crippen molar-refractivity contribution in [2.75, 3.05) is 12.0 Å². The first-order chi connectivity index (χ1) is 6.63. The fourth-order valence-corrected chi connectivity index (χ4v) is 1.53. The molecule has 0 aromatic heterocycles. The maximum Gasteiger partial charge on any atom is 0.471 e. The summed E-state index contributed by atoms with van der Waals surface area (Å²) in [6.07, 6.45) is -3.55. The highest BCUT2D eigenvalue weighted by Crippen LogP contribution is 2.18. The van der Waals surface area contributed by atoms with Gasteiger partial charge in [0, 0.05) is 5.75 Å². The molecule has 0 bridgehead atoms. The maximum atomic E-state index is 11.9. The van der Waals surface area contributed by atoms with Crippen LogP contribution in [0.2, 0.25) is 0 Å². The summed E-state index contributed by atoms with van der Waals surface area (Å²) in [4.78, 5) is 21.2. The third kappa shape index (κ3) is 3.98. The Balaban J connectivity index is 4.71. The minimum absolute atomic E-state index is 0.149. The van der Waals surface area contributed by atoms with Crippen LogP contribution in [0, 0.1) is 0 Å². The predicted octanol–water partition coefficient (Wildman–Crippen LogP) is 0.871. The quantitative estimate of drug-likeness (QED) is 0.771. The molecule has 0 aromatic rings. The standard InChI is InChI=1S/C7H10F3NO3S/c1-6(3-15-2,5(13)14)11-4(12)7(8,9)10/h3H2,1-2H3,(H,11,12)(H,13,14). The van der Waals surface area contributed by atoms with Crippen LogP contribution in [0.4, 0.5) is 13.2 Å². The molecule has 0 aliphatic carbocycles. The number of carboxylic acids is 1. The number of carboxylic acid groups (broad SMARTS) is 1. The number of rotatable bonds is 4. The van der Waals surface area contributed by atoms with Crippen molar-refractivity contribution in [1.82, 2.24) is 5.32 Å². The highest BCUT2D eigenvalue weighted by Gasteiger charge is 2.45. The molecule has 1 amide bonds. The van der Waals surface area contributed by atoms with Gasteiger partial charge in [-0.25, -0.2) is 4.79 Å². The van der Waals surface area contributed by atoms with Gasteiger partial charge in [-0.05, 0) is 13.2 Å². The van der Waals surface area contributed by atoms with Gasteiger partial charge in [0.15, 0.2) is 0 Å². The molecular weight excluding hydrogens is 235 g/mol. The van der Waals surface area contributed by atoms with E-state index >= 15 is 0 Å². The van der Waals surface area contributed by atoms with Crippen LogP contribution < -0.4 is 5.32 Å². The molecule has 0 radical (unpaired) electrons. The third-order valence-corrected chi connectivity index (χ3v) is 2.42. The van der Waals surface area contributed by atoms with Gasteiger partial charge in [-0.3, -0.25) is 4.79 Å². The van der Waals surface area contributed by atoms with Gasteiger partial charge in [0.05, 0.1) is 0 Å². The van der Waals surface area contributed by atoms with E-state index < -0.39 is 23.6 Å². The number of amides is 1. The number of nitrogens with one attached hydrogen (secondary N) is 1. The van der Waals surface area contributed by atoms with E-state index in [4.69, 9.17) is 5.11 Å². The Hall–Kier alpha value is -0.920. The molecule has 0 fully saturated rings. The second-order valence-corrected chi connectivity index (χ2v) is 3.89. The molecule has 0 aliphatic rings. The molecular formula is C7H10F3NO3S. The summed E-state index contributed by atoms with van der Waals surface area (Å²) in [5, 5.41) is 10.1. The van der Waals surface area contributed by atoms with E-state index in [1.807, 2.05) is 0 Å². The number of hydrogen-bond acceptors (Lipinski definition) is 3. The monoisotopic (exact) mass is 245 g/mol. The van der Waals surface area contributed by atoms with Gasteiger partial charge in [-0.15, -0.1) is 0 Å². The Bertz CT molecular complexity index is 269. The van der Waals surface area contributed by atoms with Gasteiger partial charge >= 0.3 is 18.1 Å². The highest BCUT2D eigenvalue weighted by atomic mass is 32.2. The molecule has 1 atom stereocenters. The van der Waals surface area contributed by atoms with Crippen LogP contribution in [-0.4, -0.2) is 40.7 Å². The fourth-order valence-electron chi connectivity index (χ4n) is 0.761. The average molecular weight is 245 g/mol. The second-order valence-electron chi connectivity index (χ2n) is 3.02. The Morgan fingerprint density at radius 3 is 2.13 bits per heavy atom. The summed E-state index contributed by atoms with van der Waals surface area (Å²) in [7, 11) is 0. The van der Waals surface area contributed by atoms with Gasteiger partial charge in [-0.1, -0.05) is 0 Å². The first-order valence-electron chi connectivity index (χ1n) is 3.75. The van der Waals surface area contributed by atoms with Crippen molar-refractivity contribution in [2.24, 2.45) is 0 Å². The summed E-state index contributed by atoms with van der Waals surface area (Å²) >= 11 is 1.03. The topological polar surface area (TPSA) is 66.4 Å². The molecule has 0 rings (SSSR count). The van der Waals surface area contributed by atoms with Crippen molar-refractivity contribution >= 4 is 23.6 Å². The smallest absolute Gasteiger partial charge is 0.471 e. The van der Waals surface area contributed by atoms with Crippen molar-refractivity contribution in [2.45, 2.75) is 18.6 Å². The van der Waals surface area contributed by atoms with Gasteiger partial charge in [0.1, 0.15) is 5.54 Å². The van der Waals surface area contributed by atoms with E-state index in [2.05, 4.69) is 0 Å². The van der Waals surface area contributed by atoms with Crippen LogP contribution in [0.1, 0.15) is 6.92 Å². The van der Waals surface area contributed by atoms with E-state index in [1.54, 1.807) is 0 Å². The van der Waals surface area contributed by atoms with Gasteiger partial charge in [0.25, 0.3) is 0 Å². The molecule has 0 saturated carbocycles. The Kier molecular flexibility index (Phi) is 4.44. The molecule has 0 aromatic carbocycles. The first-order valence-corrected chi connectivity index (χ1v) is 5.14. The molecule has 88 valence electrons. The van der Waals surface area contributed by atoms with Crippen molar-refractivity contribution in [3.8, 4) is 0 Å². The molecule has 2 N–H and O–H groups in total. The second kappa shape index (κ2) is 4.73. The number of carbonyl (C=O) groups is 2. The largest absolute Gasteiger partial charge is 0.479 e. The Labute approximate surface area is 88.2 Å². The lowest BCUT2D eigenvalue weighted by atomic mass is 10.1. The van der Waals surface area contributed by atoms with Crippen LogP contribution in [0.5, 0.6) is 0 Å². The number of aliphatic carboxylic acids is 1. The van der Waals surface area contributed by atoms with Crippen LogP contribution >= 0.6 is 11.8 Å². The van der Waals surface area contributed by atoms with Gasteiger partial charge < -0.3 is 10.4 Å². The Morgan fingerprint density at radius 2 is 1.87 bits per heavy atom. The maximum absolute atomic E-state index is 11.9. The van der Waals surface area contributed by atoms with Crippen molar-refractivity contribution in [3.63, 3.8) is 0 Å². The van der Waals surface area contributed by atoms with E-state index in [0.29, 0.717) is 0 Å². The summed E-state index contributed by atoms with van der Waals surface area (Å²) in [6.45, 7) is 1.02. The van der Waals surface area contributed by atoms with Crippen LogP contribution in [0.25, 0.3) is 0 Å². The lowest BCUT2D eigenvalue weighted by Gasteiger charge is -2.25. The normalized spacial score (nSPS) is 15.5. The van der Waals surface area contributed by atoms with E-state index in [0.717, 1.165) is 18.7 Å². The SMILES string of the molecule is CSCC(C)(NC(=O)C(F)(F)F)C(=O)O. The van der Waals surface area contributed by atoms with Crippen molar-refractivity contribution in [1.29, 1.82) is 0 Å².